The van der Waals surface area contributed by atoms with Crippen LogP contribution in [0, 0.1) is 0 Å². The predicted molar refractivity (Wildman–Crippen MR) is 148 cm³/mol. The molecule has 5 rings (SSSR count). The number of nitrogens with zero attached hydrogens (tertiary/aromatic N) is 6. The minimum Gasteiger partial charge on any atom is -0.497 e. The van der Waals surface area contributed by atoms with Crippen LogP contribution in [0.15, 0.2) is 79.4 Å². The average molecular weight is 509 g/mol. The summed E-state index contributed by atoms with van der Waals surface area (Å²) in [5, 5.41) is 4.26. The van der Waals surface area contributed by atoms with Crippen LogP contribution in [0.2, 0.25) is 0 Å². The molecule has 3 heterocycles. The number of anilines is 2. The first kappa shape index (κ1) is 24.8. The van der Waals surface area contributed by atoms with Crippen LogP contribution in [0.5, 0.6) is 17.2 Å². The molecule has 9 nitrogen and oxygen atoms in total. The number of pyridine rings is 1. The van der Waals surface area contributed by atoms with Crippen molar-refractivity contribution in [3.8, 4) is 28.5 Å². The summed E-state index contributed by atoms with van der Waals surface area (Å²) in [5.41, 5.74) is 5.84. The molecule has 5 aromatic rings. The van der Waals surface area contributed by atoms with E-state index in [4.69, 9.17) is 19.2 Å². The Morgan fingerprint density at radius 1 is 0.868 bits per heavy atom. The molecule has 3 aromatic heterocycles. The molecule has 0 saturated heterocycles. The third-order valence-corrected chi connectivity index (χ3v) is 6.07. The van der Waals surface area contributed by atoms with Gasteiger partial charge in [-0.15, -0.1) is 0 Å². The van der Waals surface area contributed by atoms with Crippen LogP contribution in [0.25, 0.3) is 28.4 Å². The van der Waals surface area contributed by atoms with Gasteiger partial charge < -0.3 is 19.1 Å². The van der Waals surface area contributed by atoms with Crippen LogP contribution in [0.3, 0.4) is 0 Å². The highest BCUT2D eigenvalue weighted by atomic mass is 16.5. The van der Waals surface area contributed by atoms with Crippen molar-refractivity contribution in [2.75, 3.05) is 32.8 Å². The molecule has 0 saturated carbocycles. The zero-order valence-corrected chi connectivity index (χ0v) is 21.7. The molecule has 0 aliphatic heterocycles. The van der Waals surface area contributed by atoms with Gasteiger partial charge in [0, 0.05) is 61.1 Å². The van der Waals surface area contributed by atoms with Crippen molar-refractivity contribution < 1.29 is 14.2 Å². The molecule has 0 aliphatic rings. The van der Waals surface area contributed by atoms with E-state index >= 15 is 0 Å². The summed E-state index contributed by atoms with van der Waals surface area (Å²) in [5.74, 6) is 2.10. The van der Waals surface area contributed by atoms with Gasteiger partial charge in [0.05, 0.1) is 50.5 Å². The Bertz CT molecular complexity index is 1570. The van der Waals surface area contributed by atoms with E-state index in [1.165, 1.54) is 0 Å². The minimum absolute atomic E-state index is 0.539. The van der Waals surface area contributed by atoms with Crippen molar-refractivity contribution in [2.24, 2.45) is 7.05 Å². The molecule has 192 valence electrons. The highest BCUT2D eigenvalue weighted by Crippen LogP contribution is 2.34. The maximum Gasteiger partial charge on any atom is 0.144 e. The summed E-state index contributed by atoms with van der Waals surface area (Å²) in [7, 11) is 6.80. The van der Waals surface area contributed by atoms with Crippen molar-refractivity contribution in [1.29, 1.82) is 0 Å². The van der Waals surface area contributed by atoms with E-state index in [-0.39, 0.29) is 0 Å². The molecule has 0 unspecified atom stereocenters. The van der Waals surface area contributed by atoms with Crippen LogP contribution < -0.4 is 19.1 Å². The van der Waals surface area contributed by atoms with Crippen LogP contribution in [-0.4, -0.2) is 52.6 Å². The van der Waals surface area contributed by atoms with Gasteiger partial charge in [-0.25, -0.2) is 4.98 Å². The van der Waals surface area contributed by atoms with Gasteiger partial charge in [0.15, 0.2) is 0 Å². The van der Waals surface area contributed by atoms with Crippen molar-refractivity contribution in [3.05, 3.63) is 85.1 Å². The van der Waals surface area contributed by atoms with Crippen LogP contribution >= 0.6 is 0 Å². The van der Waals surface area contributed by atoms with Gasteiger partial charge in [-0.1, -0.05) is 6.08 Å². The number of hydrogen-bond donors (Lipinski definition) is 0. The Morgan fingerprint density at radius 2 is 1.68 bits per heavy atom. The zero-order chi connectivity index (χ0) is 26.5. The minimum atomic E-state index is 0.539. The molecule has 0 aliphatic carbocycles. The first-order valence-corrected chi connectivity index (χ1v) is 12.0. The first-order valence-electron chi connectivity index (χ1n) is 12.0. The van der Waals surface area contributed by atoms with E-state index in [2.05, 4.69) is 20.0 Å². The lowest BCUT2D eigenvalue weighted by molar-refractivity contribution is 0.394. The molecular weight excluding hydrogens is 480 g/mol. The number of aryl methyl sites for hydroxylation is 1. The van der Waals surface area contributed by atoms with E-state index in [9.17, 15) is 0 Å². The van der Waals surface area contributed by atoms with Crippen molar-refractivity contribution in [3.63, 3.8) is 0 Å². The van der Waals surface area contributed by atoms with Gasteiger partial charge in [0.2, 0.25) is 0 Å². The lowest BCUT2D eigenvalue weighted by Gasteiger charge is -2.25. The number of rotatable bonds is 9. The molecule has 9 heteroatoms. The summed E-state index contributed by atoms with van der Waals surface area (Å²) < 4.78 is 18.3. The summed E-state index contributed by atoms with van der Waals surface area (Å²) in [4.78, 5) is 16.1. The average Bonchev–Trinajstić information content (AvgIpc) is 3.40. The first-order chi connectivity index (χ1) is 18.6. The van der Waals surface area contributed by atoms with Crippen LogP contribution in [-0.2, 0) is 7.05 Å². The third-order valence-electron chi connectivity index (χ3n) is 6.07. The van der Waals surface area contributed by atoms with Crippen molar-refractivity contribution in [2.45, 2.75) is 0 Å². The fraction of sp³-hybridized carbons (Fsp3) is 0.172. The molecule has 0 atom stereocenters. The highest BCUT2D eigenvalue weighted by Gasteiger charge is 2.14. The lowest BCUT2D eigenvalue weighted by Crippen LogP contribution is -2.17. The maximum atomic E-state index is 5.54. The second-order valence-electron chi connectivity index (χ2n) is 8.51. The Balaban J connectivity index is 1.56. The Kier molecular flexibility index (Phi) is 7.17. The summed E-state index contributed by atoms with van der Waals surface area (Å²) >= 11 is 0. The van der Waals surface area contributed by atoms with E-state index in [1.54, 1.807) is 44.6 Å². The van der Waals surface area contributed by atoms with Crippen molar-refractivity contribution >= 4 is 28.5 Å². The number of hydrogen-bond acceptors (Lipinski definition) is 8. The van der Waals surface area contributed by atoms with Gasteiger partial charge in [-0.2, -0.15) is 5.10 Å². The van der Waals surface area contributed by atoms with Crippen molar-refractivity contribution in [1.82, 2.24) is 24.7 Å². The van der Waals surface area contributed by atoms with Gasteiger partial charge >= 0.3 is 0 Å². The van der Waals surface area contributed by atoms with Gasteiger partial charge in [-0.3, -0.25) is 14.6 Å². The second kappa shape index (κ2) is 11.0. The monoisotopic (exact) mass is 508 g/mol. The predicted octanol–water partition coefficient (Wildman–Crippen LogP) is 5.30. The van der Waals surface area contributed by atoms with E-state index < -0.39 is 0 Å². The number of aromatic nitrogens is 5. The van der Waals surface area contributed by atoms with E-state index in [0.717, 1.165) is 39.4 Å². The van der Waals surface area contributed by atoms with Gasteiger partial charge in [0.25, 0.3) is 0 Å². The molecule has 0 amide bonds. The fourth-order valence-corrected chi connectivity index (χ4v) is 4.14. The SMILES string of the molecule is COc1cc(OC)cc(N(C/C=C/c2ncccc2OC)c2ccc3ncc(-c4cnn(C)c4)nc3c2)c1. The molecular formula is C29H28N6O3. The molecule has 0 fully saturated rings. The molecule has 0 N–H and O–H groups in total. The maximum absolute atomic E-state index is 5.54. The number of fused-ring (bicyclic) bond motifs is 1. The molecule has 2 aromatic carbocycles. The Hall–Kier alpha value is -4.92. The fourth-order valence-electron chi connectivity index (χ4n) is 4.14. The molecule has 0 spiro atoms. The number of methoxy groups -OCH3 is 3. The summed E-state index contributed by atoms with van der Waals surface area (Å²) in [6.07, 6.45) is 11.2. The summed E-state index contributed by atoms with van der Waals surface area (Å²) in [6.45, 7) is 0.539. The molecule has 0 radical (unpaired) electrons. The Labute approximate surface area is 221 Å². The van der Waals surface area contributed by atoms with E-state index in [0.29, 0.717) is 23.8 Å². The largest absolute Gasteiger partial charge is 0.497 e. The highest BCUT2D eigenvalue weighted by molar-refractivity contribution is 5.83. The summed E-state index contributed by atoms with van der Waals surface area (Å²) in [6, 6.07) is 15.6. The third kappa shape index (κ3) is 5.27. The number of benzene rings is 2. The zero-order valence-electron chi connectivity index (χ0n) is 21.7. The second-order valence-corrected chi connectivity index (χ2v) is 8.51. The topological polar surface area (TPSA) is 87.4 Å². The van der Waals surface area contributed by atoms with Gasteiger partial charge in [-0.05, 0) is 36.4 Å². The quantitative estimate of drug-likeness (QED) is 0.265. The van der Waals surface area contributed by atoms with Crippen LogP contribution in [0.1, 0.15) is 5.69 Å². The molecule has 0 bridgehead atoms. The lowest BCUT2D eigenvalue weighted by atomic mass is 10.2. The smallest absolute Gasteiger partial charge is 0.144 e. The normalized spacial score (nSPS) is 11.2. The Morgan fingerprint density at radius 3 is 2.39 bits per heavy atom. The van der Waals surface area contributed by atoms with Gasteiger partial charge in [0.1, 0.15) is 22.9 Å². The standard InChI is InChI=1S/C29H28N6O3/c1-34-19-20(17-32-34)28-18-31-25-10-9-21(15-27(25)33-28)35(22-13-23(36-2)16-24(14-22)37-3)12-6-7-26-29(38-4)8-5-11-30-26/h5-11,13-19H,12H2,1-4H3/b7-6+. The van der Waals surface area contributed by atoms with Crippen LogP contribution in [0.4, 0.5) is 11.4 Å². The number of ether oxygens (including phenoxy) is 3. The molecule has 38 heavy (non-hydrogen) atoms. The van der Waals surface area contributed by atoms with E-state index in [1.807, 2.05) is 73.9 Å².